The van der Waals surface area contributed by atoms with Crippen molar-refractivity contribution in [1.29, 1.82) is 0 Å². The summed E-state index contributed by atoms with van der Waals surface area (Å²) in [5.74, 6) is -1.89. The molecule has 3 aromatic rings. The number of nitrogens with two attached hydrogens (primary N) is 1. The molecule has 2 saturated heterocycles. The van der Waals surface area contributed by atoms with E-state index >= 15 is 0 Å². The second-order valence-corrected chi connectivity index (χ2v) is 13.2. The fourth-order valence-electron chi connectivity index (χ4n) is 6.73. The Bertz CT molecular complexity index is 1810. The number of likely N-dealkylation sites (tertiary alicyclic amines) is 1. The van der Waals surface area contributed by atoms with E-state index in [0.29, 0.717) is 31.6 Å². The zero-order valence-corrected chi connectivity index (χ0v) is 28.0. The number of benzene rings is 3. The number of rotatable bonds is 7. The van der Waals surface area contributed by atoms with Crippen molar-refractivity contribution < 1.29 is 42.2 Å². The third kappa shape index (κ3) is 7.93. The van der Waals surface area contributed by atoms with Gasteiger partial charge in [0.1, 0.15) is 6.04 Å². The number of fused-ring (bicyclic) bond motifs is 1. The van der Waals surface area contributed by atoms with Crippen LogP contribution >= 0.6 is 11.6 Å². The normalized spacial score (nSPS) is 18.7. The van der Waals surface area contributed by atoms with Gasteiger partial charge in [-0.15, -0.1) is 0 Å². The van der Waals surface area contributed by atoms with Crippen LogP contribution in [0.2, 0.25) is 5.02 Å². The van der Waals surface area contributed by atoms with Crippen molar-refractivity contribution >= 4 is 58.2 Å². The molecule has 0 aliphatic carbocycles. The number of halogens is 4. The maximum Gasteiger partial charge on any atom is 0.418 e. The van der Waals surface area contributed by atoms with E-state index < -0.39 is 47.5 Å². The number of amides is 3. The molecule has 2 atom stereocenters. The Balaban J connectivity index is 1.14. The first kappa shape index (κ1) is 35.6. The molecule has 270 valence electrons. The van der Waals surface area contributed by atoms with Gasteiger partial charge in [-0.05, 0) is 72.9 Å². The first-order valence-corrected chi connectivity index (χ1v) is 16.8. The van der Waals surface area contributed by atoms with Crippen molar-refractivity contribution in [2.24, 2.45) is 5.92 Å². The monoisotopic (exact) mass is 728 g/mol. The summed E-state index contributed by atoms with van der Waals surface area (Å²) < 4.78 is 47.1. The van der Waals surface area contributed by atoms with Gasteiger partial charge in [-0.2, -0.15) is 13.2 Å². The van der Waals surface area contributed by atoms with Crippen LogP contribution in [0.5, 0.6) is 0 Å². The summed E-state index contributed by atoms with van der Waals surface area (Å²) in [4.78, 5) is 56.4. The summed E-state index contributed by atoms with van der Waals surface area (Å²) in [6, 6.07) is 15.2. The van der Waals surface area contributed by atoms with E-state index in [1.165, 1.54) is 28.0 Å². The lowest BCUT2D eigenvalue weighted by Crippen LogP contribution is -2.53. The molecule has 0 aromatic heterocycles. The van der Waals surface area contributed by atoms with Gasteiger partial charge in [0.2, 0.25) is 5.91 Å². The highest BCUT2D eigenvalue weighted by Crippen LogP contribution is 2.38. The topological polar surface area (TPSA) is 158 Å². The number of piperazine rings is 1. The molecular formula is C35H36ClF3N6O6. The van der Waals surface area contributed by atoms with Gasteiger partial charge in [-0.1, -0.05) is 23.7 Å². The lowest BCUT2D eigenvalue weighted by molar-refractivity contribution is -0.141. The summed E-state index contributed by atoms with van der Waals surface area (Å²) in [7, 11) is 0. The van der Waals surface area contributed by atoms with E-state index in [9.17, 15) is 37.5 Å². The summed E-state index contributed by atoms with van der Waals surface area (Å²) in [5.41, 5.74) is 6.23. The lowest BCUT2D eigenvalue weighted by atomic mass is 9.87. The largest absolute Gasteiger partial charge is 0.478 e. The highest BCUT2D eigenvalue weighted by Gasteiger charge is 2.39. The van der Waals surface area contributed by atoms with E-state index in [1.807, 2.05) is 23.1 Å². The minimum absolute atomic E-state index is 0.0122. The number of aromatic carboxylic acids is 1. The molecule has 12 nitrogen and oxygen atoms in total. The van der Waals surface area contributed by atoms with Gasteiger partial charge in [0.15, 0.2) is 6.10 Å². The summed E-state index contributed by atoms with van der Waals surface area (Å²) in [6.07, 6.45) is -6.52. The van der Waals surface area contributed by atoms with Gasteiger partial charge >= 0.3 is 18.2 Å². The van der Waals surface area contributed by atoms with Crippen LogP contribution < -0.4 is 21.3 Å². The maximum absolute atomic E-state index is 13.9. The van der Waals surface area contributed by atoms with Gasteiger partial charge in [0.25, 0.3) is 5.91 Å². The average molecular weight is 729 g/mol. The van der Waals surface area contributed by atoms with Crippen molar-refractivity contribution in [3.63, 3.8) is 0 Å². The highest BCUT2D eigenvalue weighted by molar-refractivity contribution is 6.33. The zero-order valence-electron chi connectivity index (χ0n) is 27.3. The molecule has 5 N–H and O–H groups in total. The Labute approximate surface area is 296 Å². The number of anilines is 4. The predicted molar refractivity (Wildman–Crippen MR) is 184 cm³/mol. The Morgan fingerprint density at radius 3 is 2.22 bits per heavy atom. The molecule has 3 aliphatic heterocycles. The third-order valence-corrected chi connectivity index (χ3v) is 9.87. The quantitative estimate of drug-likeness (QED) is 0.241. The van der Waals surface area contributed by atoms with Gasteiger partial charge in [0, 0.05) is 51.4 Å². The Morgan fingerprint density at radius 1 is 0.941 bits per heavy atom. The molecule has 0 radical (unpaired) electrons. The van der Waals surface area contributed by atoms with E-state index in [4.69, 9.17) is 22.1 Å². The Kier molecular flexibility index (Phi) is 10.2. The van der Waals surface area contributed by atoms with Crippen molar-refractivity contribution in [2.45, 2.75) is 37.6 Å². The molecule has 0 spiro atoms. The summed E-state index contributed by atoms with van der Waals surface area (Å²) >= 11 is 6.07. The number of nitrogens with zero attached hydrogens (tertiary/aromatic N) is 3. The van der Waals surface area contributed by atoms with Crippen LogP contribution in [-0.4, -0.2) is 90.2 Å². The average Bonchev–Trinajstić information content (AvgIpc) is 3.11. The predicted octanol–water partition coefficient (Wildman–Crippen LogP) is 5.18. The van der Waals surface area contributed by atoms with Crippen LogP contribution in [0.3, 0.4) is 0 Å². The molecule has 3 aliphatic rings. The van der Waals surface area contributed by atoms with Crippen molar-refractivity contribution in [1.82, 2.24) is 9.80 Å². The molecule has 0 bridgehead atoms. The molecule has 16 heteroatoms. The van der Waals surface area contributed by atoms with Crippen LogP contribution in [-0.2, 0) is 26.9 Å². The van der Waals surface area contributed by atoms with Crippen LogP contribution in [0.1, 0.15) is 34.3 Å². The van der Waals surface area contributed by atoms with Crippen LogP contribution in [0.15, 0.2) is 60.7 Å². The number of hydrogen-bond acceptors (Lipinski definition) is 8. The number of carboxylic acid groups (broad SMARTS) is 1. The van der Waals surface area contributed by atoms with Gasteiger partial charge in [-0.25, -0.2) is 9.59 Å². The standard InChI is InChI=1S/C35H36ClF3N6O6/c36-25-18-20(17-24(29(25)40)35(37,38)39)19-28(32(47)44-15-13-43(14-16-44)23-7-5-22(6-8-23)33(48)49)51-34(50)45-11-9-21(10-12-45)30-31(46)42-27-4-2-1-3-26(27)41-30/h1-8,17-18,21,28,30,41H,9-16,19,40H2,(H,42,46)(H,48,49)/t28-,30?/m1/s1. The number of nitrogens with one attached hydrogen (secondary N) is 2. The van der Waals surface area contributed by atoms with Crippen LogP contribution in [0.25, 0.3) is 0 Å². The van der Waals surface area contributed by atoms with Gasteiger partial charge < -0.3 is 40.9 Å². The second kappa shape index (κ2) is 14.6. The van der Waals surface area contributed by atoms with E-state index in [2.05, 4.69) is 10.6 Å². The lowest BCUT2D eigenvalue weighted by Gasteiger charge is -2.39. The molecular weight excluding hydrogens is 693 g/mol. The molecule has 2 fully saturated rings. The first-order valence-electron chi connectivity index (χ1n) is 16.4. The van der Waals surface area contributed by atoms with E-state index in [-0.39, 0.29) is 60.6 Å². The number of ether oxygens (including phenoxy) is 1. The van der Waals surface area contributed by atoms with E-state index in [1.54, 1.807) is 18.2 Å². The number of alkyl halides is 3. The van der Waals surface area contributed by atoms with Crippen molar-refractivity contribution in [3.05, 3.63) is 82.4 Å². The summed E-state index contributed by atoms with van der Waals surface area (Å²) in [6.45, 7) is 1.67. The fourth-order valence-corrected chi connectivity index (χ4v) is 6.97. The Morgan fingerprint density at radius 2 is 1.59 bits per heavy atom. The van der Waals surface area contributed by atoms with Crippen molar-refractivity contribution in [2.75, 3.05) is 60.5 Å². The second-order valence-electron chi connectivity index (χ2n) is 12.8. The SMILES string of the molecule is Nc1c(Cl)cc(C[C@@H](OC(=O)N2CCC(C3Nc4ccccc4NC3=O)CC2)C(=O)N2CCN(c3ccc(C(=O)O)cc3)CC2)cc1C(F)(F)F. The maximum atomic E-state index is 13.9. The minimum atomic E-state index is -4.81. The molecule has 6 rings (SSSR count). The smallest absolute Gasteiger partial charge is 0.418 e. The zero-order chi connectivity index (χ0) is 36.4. The number of carbonyl (C=O) groups excluding carboxylic acids is 3. The molecule has 1 unspecified atom stereocenters. The molecule has 51 heavy (non-hydrogen) atoms. The molecule has 3 heterocycles. The molecule has 3 amide bonds. The number of nitrogen functional groups attached to an aromatic ring is 1. The highest BCUT2D eigenvalue weighted by atomic mass is 35.5. The first-order chi connectivity index (χ1) is 24.3. The number of piperidine rings is 1. The molecule has 3 aromatic carbocycles. The number of para-hydroxylation sites is 2. The van der Waals surface area contributed by atoms with Crippen LogP contribution in [0.4, 0.5) is 40.7 Å². The number of carbonyl (C=O) groups is 4. The van der Waals surface area contributed by atoms with Gasteiger partial charge in [-0.3, -0.25) is 9.59 Å². The van der Waals surface area contributed by atoms with Crippen LogP contribution in [0, 0.1) is 5.92 Å². The molecule has 0 saturated carbocycles. The van der Waals surface area contributed by atoms with Gasteiger partial charge in [0.05, 0.1) is 33.2 Å². The Hall–Kier alpha value is -5.18. The van der Waals surface area contributed by atoms with Crippen molar-refractivity contribution in [3.8, 4) is 0 Å². The third-order valence-electron chi connectivity index (χ3n) is 9.55. The minimum Gasteiger partial charge on any atom is -0.478 e. The van der Waals surface area contributed by atoms with E-state index in [0.717, 1.165) is 17.4 Å². The fraction of sp³-hybridized carbons (Fsp3) is 0.371. The summed E-state index contributed by atoms with van der Waals surface area (Å²) in [5, 5.41) is 15.1. The number of hydrogen-bond donors (Lipinski definition) is 4. The number of carboxylic acids is 1.